The number of Topliss-reactive ketones (excluding diaryl/α,β-unsaturated/α-hetero) is 1. The number of hydrogen-bond acceptors (Lipinski definition) is 2. The molecule has 0 N–H and O–H groups in total. The molecule has 0 fully saturated rings. The molecule has 0 aliphatic rings. The van der Waals surface area contributed by atoms with Gasteiger partial charge in [-0.15, -0.1) is 0 Å². The van der Waals surface area contributed by atoms with Crippen LogP contribution in [0.2, 0.25) is 5.02 Å². The Hall–Kier alpha value is -0.860. The second-order valence-electron chi connectivity index (χ2n) is 3.99. The first-order chi connectivity index (χ1) is 7.56. The SMILES string of the molecule is CCOC(C(=O)c1ccc(Cl)cc1)C(C)C. The van der Waals surface area contributed by atoms with Gasteiger partial charge in [-0.05, 0) is 37.1 Å². The Balaban J connectivity index is 2.86. The van der Waals surface area contributed by atoms with Gasteiger partial charge < -0.3 is 4.74 Å². The minimum Gasteiger partial charge on any atom is -0.370 e. The van der Waals surface area contributed by atoms with Gasteiger partial charge in [0.1, 0.15) is 6.10 Å². The van der Waals surface area contributed by atoms with Crippen molar-refractivity contribution in [3.8, 4) is 0 Å². The summed E-state index contributed by atoms with van der Waals surface area (Å²) in [6, 6.07) is 6.91. The molecular weight excluding hydrogens is 224 g/mol. The summed E-state index contributed by atoms with van der Waals surface area (Å²) in [7, 11) is 0. The summed E-state index contributed by atoms with van der Waals surface area (Å²) in [5.74, 6) is 0.191. The second kappa shape index (κ2) is 6.02. The monoisotopic (exact) mass is 240 g/mol. The van der Waals surface area contributed by atoms with Gasteiger partial charge in [-0.3, -0.25) is 4.79 Å². The molecule has 0 aliphatic heterocycles. The lowest BCUT2D eigenvalue weighted by Gasteiger charge is -2.19. The minimum atomic E-state index is -0.369. The zero-order chi connectivity index (χ0) is 12.1. The summed E-state index contributed by atoms with van der Waals surface area (Å²) in [4.78, 5) is 12.1. The summed E-state index contributed by atoms with van der Waals surface area (Å²) in [6.07, 6.45) is -0.369. The largest absolute Gasteiger partial charge is 0.370 e. The van der Waals surface area contributed by atoms with E-state index in [2.05, 4.69) is 0 Å². The van der Waals surface area contributed by atoms with E-state index in [0.717, 1.165) is 0 Å². The van der Waals surface area contributed by atoms with Crippen LogP contribution in [-0.2, 0) is 4.74 Å². The third-order valence-electron chi connectivity index (χ3n) is 2.34. The Morgan fingerprint density at radius 1 is 1.31 bits per heavy atom. The standard InChI is InChI=1S/C13H17ClO2/c1-4-16-13(9(2)3)12(15)10-5-7-11(14)8-6-10/h5-9,13H,4H2,1-3H3. The van der Waals surface area contributed by atoms with Gasteiger partial charge in [0.2, 0.25) is 0 Å². The molecule has 0 aliphatic carbocycles. The molecule has 0 saturated carbocycles. The molecule has 1 aromatic rings. The topological polar surface area (TPSA) is 26.3 Å². The quantitative estimate of drug-likeness (QED) is 0.736. The number of carbonyl (C=O) groups excluding carboxylic acids is 1. The molecule has 16 heavy (non-hydrogen) atoms. The molecule has 0 spiro atoms. The highest BCUT2D eigenvalue weighted by Gasteiger charge is 2.23. The van der Waals surface area contributed by atoms with Crippen molar-refractivity contribution >= 4 is 17.4 Å². The summed E-state index contributed by atoms with van der Waals surface area (Å²) in [5, 5.41) is 0.633. The fourth-order valence-electron chi connectivity index (χ4n) is 1.53. The van der Waals surface area contributed by atoms with Gasteiger partial charge in [-0.25, -0.2) is 0 Å². The molecule has 0 bridgehead atoms. The van der Waals surface area contributed by atoms with E-state index in [-0.39, 0.29) is 17.8 Å². The normalized spacial score (nSPS) is 12.8. The number of rotatable bonds is 5. The fraction of sp³-hybridized carbons (Fsp3) is 0.462. The predicted octanol–water partition coefficient (Wildman–Crippen LogP) is 3.58. The lowest BCUT2D eigenvalue weighted by Crippen LogP contribution is -2.29. The molecule has 0 radical (unpaired) electrons. The molecule has 0 saturated heterocycles. The van der Waals surface area contributed by atoms with Crippen molar-refractivity contribution in [3.05, 3.63) is 34.9 Å². The van der Waals surface area contributed by atoms with Crippen LogP contribution in [-0.4, -0.2) is 18.5 Å². The van der Waals surface area contributed by atoms with Crippen LogP contribution in [0.5, 0.6) is 0 Å². The first-order valence-corrected chi connectivity index (χ1v) is 5.85. The van der Waals surface area contributed by atoms with Crippen LogP contribution in [0.1, 0.15) is 31.1 Å². The summed E-state index contributed by atoms with van der Waals surface area (Å²) in [5.41, 5.74) is 0.650. The van der Waals surface area contributed by atoms with E-state index in [4.69, 9.17) is 16.3 Å². The highest BCUT2D eigenvalue weighted by atomic mass is 35.5. The lowest BCUT2D eigenvalue weighted by atomic mass is 9.97. The van der Waals surface area contributed by atoms with E-state index in [1.54, 1.807) is 24.3 Å². The maximum Gasteiger partial charge on any atom is 0.191 e. The average Bonchev–Trinajstić information content (AvgIpc) is 2.25. The van der Waals surface area contributed by atoms with Gasteiger partial charge in [0.05, 0.1) is 0 Å². The van der Waals surface area contributed by atoms with Crippen LogP contribution in [0.15, 0.2) is 24.3 Å². The molecule has 0 amide bonds. The zero-order valence-electron chi connectivity index (χ0n) is 9.87. The second-order valence-corrected chi connectivity index (χ2v) is 4.43. The molecule has 0 heterocycles. The first kappa shape index (κ1) is 13.2. The van der Waals surface area contributed by atoms with Crippen molar-refractivity contribution in [2.24, 2.45) is 5.92 Å². The molecule has 1 unspecified atom stereocenters. The van der Waals surface area contributed by atoms with Gasteiger partial charge in [0.25, 0.3) is 0 Å². The number of benzene rings is 1. The number of halogens is 1. The molecule has 3 heteroatoms. The Labute approximate surface area is 102 Å². The molecule has 0 aromatic heterocycles. The molecule has 1 rings (SSSR count). The van der Waals surface area contributed by atoms with Crippen molar-refractivity contribution in [3.63, 3.8) is 0 Å². The van der Waals surface area contributed by atoms with E-state index in [1.165, 1.54) is 0 Å². The van der Waals surface area contributed by atoms with Crippen LogP contribution < -0.4 is 0 Å². The maximum absolute atomic E-state index is 12.1. The minimum absolute atomic E-state index is 0.0218. The molecule has 1 atom stereocenters. The third kappa shape index (κ3) is 3.32. The number of ether oxygens (including phenoxy) is 1. The van der Waals surface area contributed by atoms with Crippen LogP contribution in [0.3, 0.4) is 0 Å². The maximum atomic E-state index is 12.1. The van der Waals surface area contributed by atoms with E-state index in [1.807, 2.05) is 20.8 Å². The highest BCUT2D eigenvalue weighted by Crippen LogP contribution is 2.16. The van der Waals surface area contributed by atoms with Gasteiger partial charge >= 0.3 is 0 Å². The van der Waals surface area contributed by atoms with Crippen LogP contribution in [0.4, 0.5) is 0 Å². The molecule has 88 valence electrons. The van der Waals surface area contributed by atoms with Crippen molar-refractivity contribution < 1.29 is 9.53 Å². The Kier molecular flexibility index (Phi) is 4.97. The summed E-state index contributed by atoms with van der Waals surface area (Å²) in [6.45, 7) is 6.40. The fourth-order valence-corrected chi connectivity index (χ4v) is 1.65. The van der Waals surface area contributed by atoms with Crippen molar-refractivity contribution in [1.29, 1.82) is 0 Å². The summed E-state index contributed by atoms with van der Waals surface area (Å²) >= 11 is 5.78. The van der Waals surface area contributed by atoms with E-state index < -0.39 is 0 Å². The predicted molar refractivity (Wildman–Crippen MR) is 66.0 cm³/mol. The van der Waals surface area contributed by atoms with Gasteiger partial charge in [0.15, 0.2) is 5.78 Å². The van der Waals surface area contributed by atoms with Crippen LogP contribution >= 0.6 is 11.6 Å². The molecule has 1 aromatic carbocycles. The van der Waals surface area contributed by atoms with E-state index >= 15 is 0 Å². The van der Waals surface area contributed by atoms with Crippen LogP contribution in [0, 0.1) is 5.92 Å². The zero-order valence-corrected chi connectivity index (χ0v) is 10.6. The van der Waals surface area contributed by atoms with Crippen molar-refractivity contribution in [1.82, 2.24) is 0 Å². The average molecular weight is 241 g/mol. The first-order valence-electron chi connectivity index (χ1n) is 5.47. The van der Waals surface area contributed by atoms with E-state index in [9.17, 15) is 4.79 Å². The molecular formula is C13H17ClO2. The smallest absolute Gasteiger partial charge is 0.191 e. The Morgan fingerprint density at radius 2 is 1.88 bits per heavy atom. The van der Waals surface area contributed by atoms with Gasteiger partial charge in [-0.1, -0.05) is 25.4 Å². The van der Waals surface area contributed by atoms with Gasteiger partial charge in [0, 0.05) is 17.2 Å². The highest BCUT2D eigenvalue weighted by molar-refractivity contribution is 6.30. The lowest BCUT2D eigenvalue weighted by molar-refractivity contribution is 0.0280. The number of carbonyl (C=O) groups is 1. The molecule has 2 nitrogen and oxygen atoms in total. The van der Waals surface area contributed by atoms with E-state index in [0.29, 0.717) is 17.2 Å². The van der Waals surface area contributed by atoms with Crippen LogP contribution in [0.25, 0.3) is 0 Å². The third-order valence-corrected chi connectivity index (χ3v) is 2.59. The Morgan fingerprint density at radius 3 is 2.31 bits per heavy atom. The number of ketones is 1. The van der Waals surface area contributed by atoms with Crippen molar-refractivity contribution in [2.75, 3.05) is 6.61 Å². The van der Waals surface area contributed by atoms with Crippen molar-refractivity contribution in [2.45, 2.75) is 26.9 Å². The Bertz CT molecular complexity index is 343. The number of hydrogen-bond donors (Lipinski definition) is 0. The summed E-state index contributed by atoms with van der Waals surface area (Å²) < 4.78 is 5.47. The van der Waals surface area contributed by atoms with Gasteiger partial charge in [-0.2, -0.15) is 0 Å².